The van der Waals surface area contributed by atoms with Crippen molar-refractivity contribution >= 4 is 0 Å². The monoisotopic (exact) mass is 237 g/mol. The molecule has 1 N–H and O–H groups in total. The fraction of sp³-hybridized carbons (Fsp3) is 0.867. The second kappa shape index (κ2) is 7.03. The zero-order chi connectivity index (χ0) is 12.8. The maximum absolute atomic E-state index is 5.94. The molecule has 2 heteroatoms. The van der Waals surface area contributed by atoms with Gasteiger partial charge in [0.2, 0.25) is 0 Å². The second-order valence-corrected chi connectivity index (χ2v) is 5.11. The van der Waals surface area contributed by atoms with Gasteiger partial charge in [-0.3, -0.25) is 0 Å². The van der Waals surface area contributed by atoms with Crippen LogP contribution in [0.2, 0.25) is 0 Å². The lowest BCUT2D eigenvalue weighted by Gasteiger charge is -2.29. The zero-order valence-electron chi connectivity index (χ0n) is 11.9. The van der Waals surface area contributed by atoms with Crippen LogP contribution in [0, 0.1) is 23.7 Å². The average molecular weight is 237 g/mol. The molecule has 1 saturated heterocycles. The Morgan fingerprint density at radius 2 is 1.94 bits per heavy atom. The third-order valence-electron chi connectivity index (χ3n) is 4.01. The van der Waals surface area contributed by atoms with Crippen LogP contribution in [-0.4, -0.2) is 24.8 Å². The first-order valence-corrected chi connectivity index (χ1v) is 6.90. The molecule has 0 saturated carbocycles. The first-order valence-electron chi connectivity index (χ1n) is 6.90. The standard InChI is InChI=1S/C15H27NO/c1-6-8-9-10-14(16-7-2)15-11(3)12(4)17-13(15)5/h11-16H,7,9-10H2,1-5H3. The predicted octanol–water partition coefficient (Wildman–Crippen LogP) is 2.83. The molecule has 0 bridgehead atoms. The largest absolute Gasteiger partial charge is 0.375 e. The molecule has 1 fully saturated rings. The molecule has 0 aromatic carbocycles. The lowest BCUT2D eigenvalue weighted by Crippen LogP contribution is -2.41. The Hall–Kier alpha value is -0.520. The van der Waals surface area contributed by atoms with E-state index in [4.69, 9.17) is 4.74 Å². The van der Waals surface area contributed by atoms with Crippen molar-refractivity contribution in [3.8, 4) is 11.8 Å². The molecule has 0 amide bonds. The average Bonchev–Trinajstić information content (AvgIpc) is 2.53. The summed E-state index contributed by atoms with van der Waals surface area (Å²) in [6, 6.07) is 0.538. The van der Waals surface area contributed by atoms with Crippen LogP contribution in [0.5, 0.6) is 0 Å². The van der Waals surface area contributed by atoms with E-state index in [9.17, 15) is 0 Å². The van der Waals surface area contributed by atoms with Crippen LogP contribution in [0.25, 0.3) is 0 Å². The van der Waals surface area contributed by atoms with E-state index in [2.05, 4.69) is 44.9 Å². The van der Waals surface area contributed by atoms with E-state index < -0.39 is 0 Å². The number of ether oxygens (including phenoxy) is 1. The van der Waals surface area contributed by atoms with Gasteiger partial charge in [-0.1, -0.05) is 13.8 Å². The highest BCUT2D eigenvalue weighted by Gasteiger charge is 2.40. The molecule has 0 aliphatic carbocycles. The van der Waals surface area contributed by atoms with Gasteiger partial charge in [-0.25, -0.2) is 0 Å². The maximum Gasteiger partial charge on any atom is 0.0597 e. The van der Waals surface area contributed by atoms with Crippen LogP contribution >= 0.6 is 0 Å². The van der Waals surface area contributed by atoms with E-state index in [1.165, 1.54) is 0 Å². The van der Waals surface area contributed by atoms with Crippen molar-refractivity contribution < 1.29 is 4.74 Å². The van der Waals surface area contributed by atoms with Gasteiger partial charge >= 0.3 is 0 Å². The van der Waals surface area contributed by atoms with Gasteiger partial charge in [0.05, 0.1) is 12.2 Å². The Morgan fingerprint density at radius 3 is 2.41 bits per heavy atom. The van der Waals surface area contributed by atoms with Crippen LogP contribution < -0.4 is 5.32 Å². The van der Waals surface area contributed by atoms with Gasteiger partial charge in [0, 0.05) is 18.4 Å². The highest BCUT2D eigenvalue weighted by atomic mass is 16.5. The lowest BCUT2D eigenvalue weighted by molar-refractivity contribution is 0.0473. The van der Waals surface area contributed by atoms with Gasteiger partial charge in [-0.15, -0.1) is 11.8 Å². The van der Waals surface area contributed by atoms with E-state index in [1.807, 2.05) is 6.92 Å². The third kappa shape index (κ3) is 3.72. The topological polar surface area (TPSA) is 21.3 Å². The number of hydrogen-bond donors (Lipinski definition) is 1. The van der Waals surface area contributed by atoms with Crippen LogP contribution in [0.1, 0.15) is 47.5 Å². The number of hydrogen-bond acceptors (Lipinski definition) is 2. The first kappa shape index (κ1) is 14.5. The summed E-state index contributed by atoms with van der Waals surface area (Å²) < 4.78 is 5.94. The van der Waals surface area contributed by atoms with Gasteiger partial charge in [0.1, 0.15) is 0 Å². The normalized spacial score (nSPS) is 34.2. The lowest BCUT2D eigenvalue weighted by atomic mass is 9.81. The third-order valence-corrected chi connectivity index (χ3v) is 4.01. The summed E-state index contributed by atoms with van der Waals surface area (Å²) in [6.45, 7) is 11.8. The van der Waals surface area contributed by atoms with E-state index in [0.717, 1.165) is 19.4 Å². The molecule has 5 unspecified atom stereocenters. The minimum absolute atomic E-state index is 0.360. The molecular weight excluding hydrogens is 210 g/mol. The van der Waals surface area contributed by atoms with Crippen LogP contribution in [0.15, 0.2) is 0 Å². The molecule has 1 heterocycles. The summed E-state index contributed by atoms with van der Waals surface area (Å²) in [5.74, 6) is 7.39. The molecule has 5 atom stereocenters. The Kier molecular flexibility index (Phi) is 6.02. The Bertz CT molecular complexity index is 278. The minimum atomic E-state index is 0.360. The van der Waals surface area contributed by atoms with Crippen molar-refractivity contribution in [2.24, 2.45) is 11.8 Å². The molecule has 0 aromatic rings. The molecule has 0 spiro atoms. The van der Waals surface area contributed by atoms with Crippen molar-refractivity contribution in [2.45, 2.75) is 65.7 Å². The zero-order valence-corrected chi connectivity index (χ0v) is 11.9. The first-order chi connectivity index (χ1) is 8.11. The summed E-state index contributed by atoms with van der Waals surface area (Å²) in [5.41, 5.74) is 0. The van der Waals surface area contributed by atoms with Gasteiger partial charge in [-0.2, -0.15) is 0 Å². The van der Waals surface area contributed by atoms with Gasteiger partial charge < -0.3 is 10.1 Å². The Balaban J connectivity index is 2.63. The van der Waals surface area contributed by atoms with E-state index in [0.29, 0.717) is 30.1 Å². The molecule has 0 aromatic heterocycles. The van der Waals surface area contributed by atoms with Gasteiger partial charge in [0.15, 0.2) is 0 Å². The molecule has 1 rings (SSSR count). The molecule has 0 radical (unpaired) electrons. The second-order valence-electron chi connectivity index (χ2n) is 5.11. The summed E-state index contributed by atoms with van der Waals surface area (Å²) in [5, 5.41) is 3.62. The molecular formula is C15H27NO. The number of rotatable bonds is 5. The minimum Gasteiger partial charge on any atom is -0.375 e. The Labute approximate surface area is 107 Å². The van der Waals surface area contributed by atoms with E-state index >= 15 is 0 Å². The molecule has 98 valence electrons. The fourth-order valence-corrected chi connectivity index (χ4v) is 3.03. The molecule has 2 nitrogen and oxygen atoms in total. The van der Waals surface area contributed by atoms with Gasteiger partial charge in [0.25, 0.3) is 0 Å². The summed E-state index contributed by atoms with van der Waals surface area (Å²) in [4.78, 5) is 0. The summed E-state index contributed by atoms with van der Waals surface area (Å²) in [7, 11) is 0. The predicted molar refractivity (Wildman–Crippen MR) is 72.8 cm³/mol. The SMILES string of the molecule is CC#CCCC(NCC)C1C(C)OC(C)C1C. The summed E-state index contributed by atoms with van der Waals surface area (Å²) in [6.07, 6.45) is 2.86. The van der Waals surface area contributed by atoms with E-state index in [1.54, 1.807) is 0 Å². The van der Waals surface area contributed by atoms with Gasteiger partial charge in [-0.05, 0) is 39.7 Å². The van der Waals surface area contributed by atoms with Crippen molar-refractivity contribution in [1.29, 1.82) is 0 Å². The number of nitrogens with one attached hydrogen (secondary N) is 1. The van der Waals surface area contributed by atoms with E-state index in [-0.39, 0.29) is 0 Å². The van der Waals surface area contributed by atoms with Crippen LogP contribution in [0.3, 0.4) is 0 Å². The van der Waals surface area contributed by atoms with Crippen LogP contribution in [-0.2, 0) is 4.74 Å². The molecule has 1 aliphatic rings. The smallest absolute Gasteiger partial charge is 0.0597 e. The van der Waals surface area contributed by atoms with Crippen molar-refractivity contribution in [2.75, 3.05) is 6.54 Å². The molecule has 1 aliphatic heterocycles. The quantitative estimate of drug-likeness (QED) is 0.742. The van der Waals surface area contributed by atoms with Crippen molar-refractivity contribution in [3.63, 3.8) is 0 Å². The maximum atomic E-state index is 5.94. The highest BCUT2D eigenvalue weighted by molar-refractivity contribution is 4.98. The highest BCUT2D eigenvalue weighted by Crippen LogP contribution is 2.35. The fourth-order valence-electron chi connectivity index (χ4n) is 3.03. The van der Waals surface area contributed by atoms with Crippen LogP contribution in [0.4, 0.5) is 0 Å². The summed E-state index contributed by atoms with van der Waals surface area (Å²) >= 11 is 0. The molecule has 17 heavy (non-hydrogen) atoms. The Morgan fingerprint density at radius 1 is 1.24 bits per heavy atom. The van der Waals surface area contributed by atoms with Crippen molar-refractivity contribution in [1.82, 2.24) is 5.32 Å². The van der Waals surface area contributed by atoms with Crippen molar-refractivity contribution in [3.05, 3.63) is 0 Å².